The Morgan fingerprint density at radius 3 is 1.07 bits per heavy atom. The third kappa shape index (κ3) is 27.9. The Morgan fingerprint density at radius 2 is 0.767 bits per heavy atom. The smallest absolute Gasteiger partial charge is 0.827 e. The number of nitrogens with one attached hydrogen (secondary N) is 2. The molecule has 2 amide bonds. The molecule has 4 N–H and O–H groups in total. The Hall–Kier alpha value is 0.620. The topological polar surface area (TPSA) is 516 Å². The van der Waals surface area contributed by atoms with Crippen molar-refractivity contribution in [3.8, 4) is 0 Å². The van der Waals surface area contributed by atoms with Crippen LogP contribution in [0, 0.1) is 0 Å². The van der Waals surface area contributed by atoms with Crippen LogP contribution in [0.4, 0.5) is 0 Å². The maximum absolute atomic E-state index is 14.7. The van der Waals surface area contributed by atoms with Gasteiger partial charge in [0, 0.05) is 22.7 Å². The molecule has 0 spiro atoms. The number of rotatable bonds is 24. The first-order chi connectivity index (χ1) is 36.9. The summed E-state index contributed by atoms with van der Waals surface area (Å²) < 4.78 is 244. The molecule has 2 aliphatic rings. The van der Waals surface area contributed by atoms with Gasteiger partial charge in [-0.15, -0.1) is 0 Å². The number of ether oxygens (including phenoxy) is 2. The van der Waals surface area contributed by atoms with Crippen LogP contribution < -0.4 is 198 Å². The number of carbonyl (C=O) groups excluding carboxylic acids is 2. The van der Waals surface area contributed by atoms with Crippen molar-refractivity contribution < 1.29 is 310 Å². The standard InChI is InChI=1S/C42H44N2O30S6.6Na/c45-39(43-37-35(73-79(61,62)63)33(71-77(55,56)57)31(23-67-75(49,50)51)69-41(37,47)21-27-7-3-1-4-8-27)29-17-13-25(14-18-29)11-12-26-15-19-30(20-16-26)40(46)44-38-36(74-80(64,65)66)34(72-78(58,59)60)32(24-68-76(52,53)54)70-42(38,48)22-28-9-5-2-6-10-28;;;;;;/h1-20,31-38H,21-24H2,(H,43,45)(H,44,46)(H,49,50,51)(H,52,53,54)(H,55,56,57)(H,58,59,60)(H,61,62,63)(H,64,65,66);;;;;;/q-2;6*+1/p-4/b12-11+;;;;;;/t31-,32-,33-,34-,35+,36+,37-,38-,41+,42+;;;;;;/m1....../s1. The fourth-order valence-electron chi connectivity index (χ4n) is 8.24. The molecular formula is C42H40N2Na6O30S6. The zero-order valence-electron chi connectivity index (χ0n) is 45.8. The Bertz CT molecular complexity index is 3370. The largest absolute Gasteiger partial charge is 1.00 e. The minimum Gasteiger partial charge on any atom is -0.827 e. The van der Waals surface area contributed by atoms with Gasteiger partial charge in [0.05, 0.1) is 25.3 Å². The molecule has 86 heavy (non-hydrogen) atoms. The Balaban J connectivity index is 0.0000120. The molecule has 0 radical (unpaired) electrons. The summed E-state index contributed by atoms with van der Waals surface area (Å²) in [7, 11) is -34.9. The van der Waals surface area contributed by atoms with Crippen molar-refractivity contribution in [1.82, 2.24) is 10.6 Å². The van der Waals surface area contributed by atoms with Crippen molar-refractivity contribution in [2.24, 2.45) is 0 Å². The van der Waals surface area contributed by atoms with E-state index in [0.717, 1.165) is 24.3 Å². The molecule has 32 nitrogen and oxygen atoms in total. The van der Waals surface area contributed by atoms with Crippen LogP contribution in [0.5, 0.6) is 0 Å². The second-order valence-electron chi connectivity index (χ2n) is 17.0. The molecule has 0 aliphatic carbocycles. The van der Waals surface area contributed by atoms with Gasteiger partial charge in [0.1, 0.15) is 36.6 Å². The fraction of sp³-hybridized carbons (Fsp3) is 0.333. The van der Waals surface area contributed by atoms with Crippen molar-refractivity contribution in [3.05, 3.63) is 143 Å². The molecule has 4 aromatic rings. The average Bonchev–Trinajstić information content (AvgIpc) is 3.35. The predicted molar refractivity (Wildman–Crippen MR) is 253 cm³/mol. The van der Waals surface area contributed by atoms with E-state index in [4.69, 9.17) is 9.47 Å². The number of carbonyl (C=O) groups is 2. The third-order valence-corrected chi connectivity index (χ3v) is 14.0. The maximum Gasteiger partial charge on any atom is 1.00 e. The van der Waals surface area contributed by atoms with Gasteiger partial charge in [-0.3, -0.25) is 35.4 Å². The van der Waals surface area contributed by atoms with E-state index in [2.05, 4.69) is 35.7 Å². The number of benzene rings is 4. The summed E-state index contributed by atoms with van der Waals surface area (Å²) in [6, 6.07) is 18.9. The van der Waals surface area contributed by atoms with Gasteiger partial charge in [0.15, 0.2) is 0 Å². The molecular weight excluding hydrogens is 1340 g/mol. The molecule has 0 aromatic heterocycles. The summed E-state index contributed by atoms with van der Waals surface area (Å²) in [5.41, 5.74) is 0.193. The van der Waals surface area contributed by atoms with Crippen molar-refractivity contribution in [2.45, 2.75) is 73.1 Å². The number of hydrogen-bond acceptors (Lipinski definition) is 28. The molecule has 2 saturated heterocycles. The number of amides is 2. The molecule has 44 heteroatoms. The summed E-state index contributed by atoms with van der Waals surface area (Å²) in [5.74, 6) is -9.02. The zero-order chi connectivity index (χ0) is 59.3. The van der Waals surface area contributed by atoms with Gasteiger partial charge in [0.2, 0.25) is 41.6 Å². The van der Waals surface area contributed by atoms with Crippen LogP contribution in [0.25, 0.3) is 12.2 Å². The zero-order valence-corrected chi connectivity index (χ0v) is 62.7. The summed E-state index contributed by atoms with van der Waals surface area (Å²) in [6.45, 7) is -3.12. The average molecular weight is 1380 g/mol. The van der Waals surface area contributed by atoms with E-state index < -0.39 is 161 Å². The number of hydrogen-bond donors (Lipinski definition) is 4. The van der Waals surface area contributed by atoms with Crippen LogP contribution in [0.3, 0.4) is 0 Å². The van der Waals surface area contributed by atoms with Crippen molar-refractivity contribution >= 4 is 86.4 Å². The van der Waals surface area contributed by atoms with E-state index in [1.54, 1.807) is 0 Å². The molecule has 4 aromatic carbocycles. The molecule has 2 aliphatic heterocycles. The minimum atomic E-state index is -6.04. The van der Waals surface area contributed by atoms with Crippen molar-refractivity contribution in [2.75, 3.05) is 13.2 Å². The molecule has 6 rings (SSSR count). The monoisotopic (exact) mass is 1380 g/mol. The molecule has 2 heterocycles. The minimum absolute atomic E-state index is 0. The maximum atomic E-state index is 14.7. The SMILES string of the molecule is O=C(N[C@@H]1[C@@H](OS(=O)(=O)[O-])[C@H](OS(=O)(=O)[O-])[C@@H](COS(=O)(=O)[O-])O[C@@]1([O-])Cc1ccccc1)c1ccc(/C=C/c2ccc(C(=O)N[C@@H]3[C@@H](OS(=O)(=O)[O-])[C@H](OS(=O)(=O)O)[C@@H](COS(=O)(=O)O)O[C@@]3([O-])Cc3ccccc3)cc2)cc1.[Na+].[Na+].[Na+].[Na+].[Na+].[Na+]. The van der Waals surface area contributed by atoms with Gasteiger partial charge in [-0.2, -0.15) is 16.8 Å². The normalized spacial score (nSPS) is 24.3. The van der Waals surface area contributed by atoms with Gasteiger partial charge in [0.25, 0.3) is 11.8 Å². The van der Waals surface area contributed by atoms with E-state index in [0.29, 0.717) is 11.1 Å². The molecule has 0 saturated carbocycles. The summed E-state index contributed by atoms with van der Waals surface area (Å²) in [5, 5.41) is 33.6. The van der Waals surface area contributed by atoms with Crippen molar-refractivity contribution in [1.29, 1.82) is 0 Å². The summed E-state index contributed by atoms with van der Waals surface area (Å²) in [4.78, 5) is 27.6. The molecule has 0 bridgehead atoms. The van der Waals surface area contributed by atoms with Crippen LogP contribution >= 0.6 is 0 Å². The Kier molecular flexibility index (Phi) is 36.2. The quantitative estimate of drug-likeness (QED) is 0.0219. The van der Waals surface area contributed by atoms with Gasteiger partial charge < -0.3 is 48.5 Å². The van der Waals surface area contributed by atoms with Gasteiger partial charge in [-0.1, -0.05) is 97.1 Å². The molecule has 440 valence electrons. The first-order valence-electron chi connectivity index (χ1n) is 22.0. The van der Waals surface area contributed by atoms with Crippen molar-refractivity contribution in [3.63, 3.8) is 0 Å². The van der Waals surface area contributed by atoms with E-state index in [-0.39, 0.29) is 200 Å². The van der Waals surface area contributed by atoms with Crippen LogP contribution in [0.15, 0.2) is 109 Å². The van der Waals surface area contributed by atoms with Gasteiger partial charge >= 0.3 is 198 Å². The van der Waals surface area contributed by atoms with E-state index >= 15 is 0 Å². The predicted octanol–water partition coefficient (Wildman–Crippen LogP) is -21.5. The van der Waals surface area contributed by atoms with E-state index in [1.807, 2.05) is 0 Å². The second-order valence-corrected chi connectivity index (χ2v) is 23.3. The Morgan fingerprint density at radius 1 is 0.453 bits per heavy atom. The first-order valence-corrected chi connectivity index (χ1v) is 30.1. The van der Waals surface area contributed by atoms with Crippen LogP contribution in [0.2, 0.25) is 0 Å². The van der Waals surface area contributed by atoms with E-state index in [9.17, 15) is 97.6 Å². The fourth-order valence-corrected chi connectivity index (χ4v) is 10.9. The van der Waals surface area contributed by atoms with E-state index in [1.165, 1.54) is 97.1 Å². The van der Waals surface area contributed by atoms with Gasteiger partial charge in [-0.05, 0) is 59.4 Å². The molecule has 0 unspecified atom stereocenters. The summed E-state index contributed by atoms with van der Waals surface area (Å²) in [6.07, 6.45) is -14.7. The molecule has 10 atom stereocenters. The summed E-state index contributed by atoms with van der Waals surface area (Å²) >= 11 is 0. The third-order valence-electron chi connectivity index (χ3n) is 11.3. The van der Waals surface area contributed by atoms with Crippen LogP contribution in [0.1, 0.15) is 43.0 Å². The van der Waals surface area contributed by atoms with Crippen LogP contribution in [-0.2, 0) is 110 Å². The first kappa shape index (κ1) is 86.6. The molecule has 2 fully saturated rings. The van der Waals surface area contributed by atoms with Crippen LogP contribution in [-0.4, -0.2) is 163 Å². The Labute approximate surface area is 626 Å². The second kappa shape index (κ2) is 35.9. The van der Waals surface area contributed by atoms with Gasteiger partial charge in [-0.25, -0.2) is 42.0 Å².